The first-order valence-corrected chi connectivity index (χ1v) is 13.8. The number of carbonyl (C=O) groups is 1. The number of hydrogen-bond acceptors (Lipinski definition) is 8. The van der Waals surface area contributed by atoms with E-state index < -0.39 is 26.0 Å². The Kier molecular flexibility index (Phi) is 6.84. The summed E-state index contributed by atoms with van der Waals surface area (Å²) in [5.41, 5.74) is 3.15. The number of benzene rings is 2. The van der Waals surface area contributed by atoms with Gasteiger partial charge in [-0.05, 0) is 60.0 Å². The number of thiophene rings is 1. The van der Waals surface area contributed by atoms with E-state index in [4.69, 9.17) is 9.56 Å². The summed E-state index contributed by atoms with van der Waals surface area (Å²) in [7, 11) is -7.62. The molecule has 0 fully saturated rings. The second-order valence-electron chi connectivity index (χ2n) is 7.05. The molecule has 0 atom stereocenters. The SMILES string of the molecule is NS(=O)(=O)c1ccc(-c2ccc(/C=N\NC(=O)c3ccccc3NS(=O)(=O)c3cccs3)o2)cc1. The lowest BCUT2D eigenvalue weighted by Gasteiger charge is -2.10. The Labute approximate surface area is 205 Å². The molecule has 0 aliphatic rings. The number of nitrogens with one attached hydrogen (secondary N) is 2. The zero-order valence-electron chi connectivity index (χ0n) is 17.8. The highest BCUT2D eigenvalue weighted by Crippen LogP contribution is 2.24. The molecular weight excluding hydrogens is 512 g/mol. The summed E-state index contributed by atoms with van der Waals surface area (Å²) in [5.74, 6) is 0.144. The first kappa shape index (κ1) is 24.3. The van der Waals surface area contributed by atoms with Crippen LogP contribution in [0.25, 0.3) is 11.3 Å². The van der Waals surface area contributed by atoms with Crippen LogP contribution in [0.2, 0.25) is 0 Å². The Morgan fingerprint density at radius 2 is 1.69 bits per heavy atom. The zero-order valence-corrected chi connectivity index (χ0v) is 20.2. The molecule has 10 nitrogen and oxygen atoms in total. The van der Waals surface area contributed by atoms with Crippen molar-refractivity contribution >= 4 is 49.2 Å². The van der Waals surface area contributed by atoms with E-state index in [1.165, 1.54) is 36.5 Å². The zero-order chi connectivity index (χ0) is 25.1. The summed E-state index contributed by atoms with van der Waals surface area (Å²) in [6.07, 6.45) is 1.28. The number of nitrogens with two attached hydrogens (primary N) is 1. The van der Waals surface area contributed by atoms with E-state index in [2.05, 4.69) is 15.2 Å². The average Bonchev–Trinajstić information content (AvgIpc) is 3.52. The predicted octanol–water partition coefficient (Wildman–Crippen LogP) is 3.22. The van der Waals surface area contributed by atoms with Crippen molar-refractivity contribution in [2.75, 3.05) is 4.72 Å². The number of primary sulfonamides is 1. The molecule has 4 aromatic rings. The maximum Gasteiger partial charge on any atom is 0.273 e. The number of anilines is 1. The number of nitrogens with zero attached hydrogens (tertiary/aromatic N) is 1. The second kappa shape index (κ2) is 9.84. The van der Waals surface area contributed by atoms with Crippen molar-refractivity contribution in [1.82, 2.24) is 5.43 Å². The van der Waals surface area contributed by atoms with Gasteiger partial charge in [-0.25, -0.2) is 27.4 Å². The summed E-state index contributed by atoms with van der Waals surface area (Å²) in [4.78, 5) is 12.6. The van der Waals surface area contributed by atoms with Gasteiger partial charge >= 0.3 is 0 Å². The number of sulfonamides is 2. The summed E-state index contributed by atoms with van der Waals surface area (Å²) < 4.78 is 56.0. The fourth-order valence-electron chi connectivity index (χ4n) is 2.98. The second-order valence-corrected chi connectivity index (χ2v) is 11.5. The Hall–Kier alpha value is -3.78. The quantitative estimate of drug-likeness (QED) is 0.234. The largest absolute Gasteiger partial charge is 0.455 e. The van der Waals surface area contributed by atoms with Gasteiger partial charge in [-0.1, -0.05) is 18.2 Å². The maximum absolute atomic E-state index is 12.6. The molecule has 0 radical (unpaired) electrons. The van der Waals surface area contributed by atoms with Crippen LogP contribution in [0.1, 0.15) is 16.1 Å². The lowest BCUT2D eigenvalue weighted by molar-refractivity contribution is 0.0956. The summed E-state index contributed by atoms with van der Waals surface area (Å²) in [6, 6.07) is 18.3. The number of amides is 1. The third kappa shape index (κ3) is 5.84. The smallest absolute Gasteiger partial charge is 0.273 e. The van der Waals surface area contributed by atoms with Gasteiger partial charge < -0.3 is 4.42 Å². The van der Waals surface area contributed by atoms with E-state index in [1.54, 1.807) is 47.8 Å². The first-order valence-electron chi connectivity index (χ1n) is 9.85. The van der Waals surface area contributed by atoms with Crippen molar-refractivity contribution in [2.24, 2.45) is 10.2 Å². The molecule has 2 aromatic heterocycles. The van der Waals surface area contributed by atoms with Crippen molar-refractivity contribution in [3.63, 3.8) is 0 Å². The summed E-state index contributed by atoms with van der Waals surface area (Å²) in [5, 5.41) is 10.6. The van der Waals surface area contributed by atoms with Crippen LogP contribution in [0.15, 0.2) is 96.8 Å². The van der Waals surface area contributed by atoms with E-state index >= 15 is 0 Å². The van der Waals surface area contributed by atoms with Crippen molar-refractivity contribution in [3.05, 3.63) is 89.5 Å². The Bertz CT molecular complexity index is 1590. The van der Waals surface area contributed by atoms with Gasteiger partial charge in [0.05, 0.1) is 22.4 Å². The number of carbonyl (C=O) groups excluding carboxylic acids is 1. The van der Waals surface area contributed by atoms with Crippen molar-refractivity contribution in [1.29, 1.82) is 0 Å². The molecule has 0 unspecified atom stereocenters. The molecule has 180 valence electrons. The van der Waals surface area contributed by atoms with Crippen LogP contribution in [-0.2, 0) is 20.0 Å². The molecule has 2 aromatic carbocycles. The summed E-state index contributed by atoms with van der Waals surface area (Å²) in [6.45, 7) is 0. The molecule has 0 spiro atoms. The molecule has 0 bridgehead atoms. The third-order valence-electron chi connectivity index (χ3n) is 4.63. The van der Waals surface area contributed by atoms with E-state index in [9.17, 15) is 21.6 Å². The van der Waals surface area contributed by atoms with Crippen LogP contribution in [0.4, 0.5) is 5.69 Å². The summed E-state index contributed by atoms with van der Waals surface area (Å²) >= 11 is 1.06. The van der Waals surface area contributed by atoms with Crippen LogP contribution >= 0.6 is 11.3 Å². The Morgan fingerprint density at radius 1 is 0.943 bits per heavy atom. The van der Waals surface area contributed by atoms with E-state index in [-0.39, 0.29) is 20.4 Å². The first-order chi connectivity index (χ1) is 16.6. The molecule has 13 heteroatoms. The molecular formula is C22H18N4O6S3. The van der Waals surface area contributed by atoms with Crippen molar-refractivity contribution < 1.29 is 26.0 Å². The molecule has 4 rings (SSSR count). The highest BCUT2D eigenvalue weighted by atomic mass is 32.2. The van der Waals surface area contributed by atoms with Crippen LogP contribution in [0.5, 0.6) is 0 Å². The van der Waals surface area contributed by atoms with Gasteiger partial charge in [-0.2, -0.15) is 5.10 Å². The topological polar surface area (TPSA) is 161 Å². The molecule has 0 aliphatic heterocycles. The van der Waals surface area contributed by atoms with Crippen LogP contribution in [-0.4, -0.2) is 29.0 Å². The van der Waals surface area contributed by atoms with Gasteiger partial charge in [0.2, 0.25) is 10.0 Å². The molecule has 2 heterocycles. The molecule has 0 saturated heterocycles. The third-order valence-corrected chi connectivity index (χ3v) is 8.32. The van der Waals surface area contributed by atoms with E-state index in [0.29, 0.717) is 17.1 Å². The molecule has 35 heavy (non-hydrogen) atoms. The molecule has 4 N–H and O–H groups in total. The van der Waals surface area contributed by atoms with Gasteiger partial charge in [0, 0.05) is 5.56 Å². The minimum atomic E-state index is -3.83. The highest BCUT2D eigenvalue weighted by Gasteiger charge is 2.19. The number of furan rings is 1. The lowest BCUT2D eigenvalue weighted by Crippen LogP contribution is -2.21. The van der Waals surface area contributed by atoms with Crippen molar-refractivity contribution in [3.8, 4) is 11.3 Å². The Morgan fingerprint density at radius 3 is 2.37 bits per heavy atom. The minimum absolute atomic E-state index is 0.0183. The molecule has 1 amide bonds. The predicted molar refractivity (Wildman–Crippen MR) is 132 cm³/mol. The van der Waals surface area contributed by atoms with Crippen molar-refractivity contribution in [2.45, 2.75) is 9.10 Å². The van der Waals surface area contributed by atoms with E-state index in [0.717, 1.165) is 11.3 Å². The fraction of sp³-hybridized carbons (Fsp3) is 0. The van der Waals surface area contributed by atoms with Gasteiger partial charge in [0.1, 0.15) is 15.7 Å². The minimum Gasteiger partial charge on any atom is -0.455 e. The monoisotopic (exact) mass is 530 g/mol. The van der Waals surface area contributed by atoms with Crippen LogP contribution < -0.4 is 15.3 Å². The average molecular weight is 531 g/mol. The van der Waals surface area contributed by atoms with Gasteiger partial charge in [-0.3, -0.25) is 9.52 Å². The van der Waals surface area contributed by atoms with Gasteiger partial charge in [0.25, 0.3) is 15.9 Å². The van der Waals surface area contributed by atoms with E-state index in [1.807, 2.05) is 0 Å². The number of hydrogen-bond donors (Lipinski definition) is 3. The maximum atomic E-state index is 12.6. The van der Waals surface area contributed by atoms with Crippen LogP contribution in [0.3, 0.4) is 0 Å². The fourth-order valence-corrected chi connectivity index (χ4v) is 5.57. The normalized spacial score (nSPS) is 12.0. The molecule has 0 saturated carbocycles. The highest BCUT2D eigenvalue weighted by molar-refractivity contribution is 7.94. The standard InChI is InChI=1S/C22H18N4O6S3/c23-34(28,29)17-10-7-15(8-11-17)20-12-9-16(32-20)14-24-25-22(27)18-4-1-2-5-19(18)26-35(30,31)21-6-3-13-33-21/h1-14,26H,(H,25,27)(H2,23,28,29)/b24-14-. The van der Waals surface area contributed by atoms with Gasteiger partial charge in [-0.15, -0.1) is 11.3 Å². The van der Waals surface area contributed by atoms with Gasteiger partial charge in [0.15, 0.2) is 0 Å². The van der Waals surface area contributed by atoms with Crippen LogP contribution in [0, 0.1) is 0 Å². The number of hydrazone groups is 1. The number of rotatable bonds is 8. The lowest BCUT2D eigenvalue weighted by atomic mass is 10.2. The Balaban J connectivity index is 1.44. The number of para-hydroxylation sites is 1. The molecule has 0 aliphatic carbocycles.